The number of rotatable bonds is 7. The Bertz CT molecular complexity index is 640. The minimum Gasteiger partial charge on any atom is -0.289 e. The Morgan fingerprint density at radius 3 is 2.62 bits per heavy atom. The van der Waals surface area contributed by atoms with Crippen molar-refractivity contribution in [1.82, 2.24) is 10.4 Å². The Hall–Kier alpha value is -2.47. The van der Waals surface area contributed by atoms with Crippen LogP contribution in [0.1, 0.15) is 44.6 Å². The molecule has 1 aromatic rings. The molecule has 2 N–H and O–H groups in total. The van der Waals surface area contributed by atoms with E-state index in [4.69, 9.17) is 5.21 Å². The average Bonchev–Trinajstić information content (AvgIpc) is 2.86. The summed E-state index contributed by atoms with van der Waals surface area (Å²) >= 11 is 0. The van der Waals surface area contributed by atoms with Gasteiger partial charge in [0.1, 0.15) is 0 Å². The van der Waals surface area contributed by atoms with E-state index in [0.29, 0.717) is 18.4 Å². The summed E-state index contributed by atoms with van der Waals surface area (Å²) in [5.41, 5.74) is 2.93. The Morgan fingerprint density at radius 2 is 2.00 bits per heavy atom. The van der Waals surface area contributed by atoms with Crippen LogP contribution in [0, 0.1) is 0 Å². The molecule has 1 heterocycles. The van der Waals surface area contributed by atoms with Crippen molar-refractivity contribution in [2.75, 3.05) is 0 Å². The highest BCUT2D eigenvalue weighted by Crippen LogP contribution is 2.27. The molecule has 128 valence electrons. The van der Waals surface area contributed by atoms with E-state index >= 15 is 0 Å². The molecule has 0 radical (unpaired) electrons. The predicted molar refractivity (Wildman–Crippen MR) is 88.7 cm³/mol. The third-order valence-electron chi connectivity index (χ3n) is 4.06. The number of hydrogen-bond acceptors (Lipinski definition) is 4. The number of likely N-dealkylation sites (tertiary alicyclic amines) is 1. The molecule has 1 saturated heterocycles. The van der Waals surface area contributed by atoms with Crippen LogP contribution in [0.4, 0.5) is 0 Å². The molecule has 1 fully saturated rings. The summed E-state index contributed by atoms with van der Waals surface area (Å²) in [6.07, 6.45) is 3.66. The van der Waals surface area contributed by atoms with Crippen molar-refractivity contribution in [3.8, 4) is 0 Å². The SMILES string of the molecule is CCCC(CCC(=O)NO)N1C(=O)CC(=Cc2ccccc2)C1=O. The third-order valence-corrected chi connectivity index (χ3v) is 4.06. The van der Waals surface area contributed by atoms with E-state index in [1.165, 1.54) is 4.90 Å². The van der Waals surface area contributed by atoms with Crippen LogP contribution in [-0.2, 0) is 14.4 Å². The second-order valence-corrected chi connectivity index (χ2v) is 5.84. The highest BCUT2D eigenvalue weighted by atomic mass is 16.5. The molecule has 24 heavy (non-hydrogen) atoms. The minimum absolute atomic E-state index is 0.0654. The zero-order chi connectivity index (χ0) is 17.5. The Balaban J connectivity index is 2.16. The topological polar surface area (TPSA) is 86.7 Å². The van der Waals surface area contributed by atoms with Crippen LogP contribution in [-0.4, -0.2) is 33.9 Å². The van der Waals surface area contributed by atoms with Crippen LogP contribution in [0.3, 0.4) is 0 Å². The van der Waals surface area contributed by atoms with E-state index < -0.39 is 5.91 Å². The van der Waals surface area contributed by atoms with Crippen LogP contribution in [0.25, 0.3) is 6.08 Å². The Kier molecular flexibility index (Phi) is 6.26. The molecule has 3 amide bonds. The molecule has 0 aromatic heterocycles. The number of amides is 3. The van der Waals surface area contributed by atoms with Crippen molar-refractivity contribution in [3.05, 3.63) is 41.5 Å². The van der Waals surface area contributed by atoms with Crippen LogP contribution in [0.5, 0.6) is 0 Å². The molecule has 0 saturated carbocycles. The first kappa shape index (κ1) is 17.9. The van der Waals surface area contributed by atoms with Crippen LogP contribution in [0.2, 0.25) is 0 Å². The first-order valence-electron chi connectivity index (χ1n) is 8.11. The van der Waals surface area contributed by atoms with E-state index in [9.17, 15) is 14.4 Å². The van der Waals surface area contributed by atoms with Gasteiger partial charge in [0.25, 0.3) is 5.91 Å². The molecule has 1 atom stereocenters. The third kappa shape index (κ3) is 4.29. The highest BCUT2D eigenvalue weighted by Gasteiger charge is 2.38. The number of carbonyl (C=O) groups is 3. The molecule has 1 aromatic carbocycles. The lowest BCUT2D eigenvalue weighted by molar-refractivity contribution is -0.141. The molecular weight excluding hydrogens is 308 g/mol. The summed E-state index contributed by atoms with van der Waals surface area (Å²) < 4.78 is 0. The molecule has 2 rings (SSSR count). The van der Waals surface area contributed by atoms with Gasteiger partial charge in [-0.3, -0.25) is 24.5 Å². The largest absolute Gasteiger partial charge is 0.289 e. The maximum atomic E-state index is 12.6. The summed E-state index contributed by atoms with van der Waals surface area (Å²) in [6.45, 7) is 1.96. The van der Waals surface area contributed by atoms with Crippen molar-refractivity contribution >= 4 is 23.8 Å². The van der Waals surface area contributed by atoms with Crippen molar-refractivity contribution in [2.24, 2.45) is 0 Å². The van der Waals surface area contributed by atoms with Crippen molar-refractivity contribution in [2.45, 2.75) is 45.1 Å². The molecule has 6 nitrogen and oxygen atoms in total. The monoisotopic (exact) mass is 330 g/mol. The fourth-order valence-electron chi connectivity index (χ4n) is 2.91. The van der Waals surface area contributed by atoms with Gasteiger partial charge in [-0.2, -0.15) is 0 Å². The normalized spacial score (nSPS) is 17.4. The lowest BCUT2D eigenvalue weighted by Crippen LogP contribution is -2.40. The second kappa shape index (κ2) is 8.40. The Morgan fingerprint density at radius 1 is 1.29 bits per heavy atom. The minimum atomic E-state index is -0.518. The fourth-order valence-corrected chi connectivity index (χ4v) is 2.91. The van der Waals surface area contributed by atoms with Gasteiger partial charge in [-0.1, -0.05) is 43.7 Å². The molecule has 0 spiro atoms. The second-order valence-electron chi connectivity index (χ2n) is 5.84. The van der Waals surface area contributed by atoms with E-state index in [0.717, 1.165) is 12.0 Å². The number of hydrogen-bond donors (Lipinski definition) is 2. The zero-order valence-corrected chi connectivity index (χ0v) is 13.7. The first-order valence-corrected chi connectivity index (χ1v) is 8.11. The summed E-state index contributed by atoms with van der Waals surface area (Å²) in [5.74, 6) is -1.04. The summed E-state index contributed by atoms with van der Waals surface area (Å²) in [5, 5.41) is 8.60. The molecule has 1 aliphatic heterocycles. The Labute approximate surface area is 141 Å². The van der Waals surface area contributed by atoms with Gasteiger partial charge in [0, 0.05) is 18.0 Å². The van der Waals surface area contributed by atoms with E-state index in [1.54, 1.807) is 11.6 Å². The maximum Gasteiger partial charge on any atom is 0.257 e. The van der Waals surface area contributed by atoms with Gasteiger partial charge in [0.15, 0.2) is 0 Å². The zero-order valence-electron chi connectivity index (χ0n) is 13.7. The maximum absolute atomic E-state index is 12.6. The van der Waals surface area contributed by atoms with Crippen LogP contribution >= 0.6 is 0 Å². The molecular formula is C18H22N2O4. The summed E-state index contributed by atoms with van der Waals surface area (Å²) in [4.78, 5) is 37.5. The molecule has 1 unspecified atom stereocenters. The van der Waals surface area contributed by atoms with Gasteiger partial charge in [-0.25, -0.2) is 5.48 Å². The van der Waals surface area contributed by atoms with Crippen molar-refractivity contribution < 1.29 is 19.6 Å². The van der Waals surface area contributed by atoms with Gasteiger partial charge in [-0.05, 0) is 24.5 Å². The number of imide groups is 1. The van der Waals surface area contributed by atoms with Crippen molar-refractivity contribution in [1.29, 1.82) is 0 Å². The van der Waals surface area contributed by atoms with Gasteiger partial charge in [-0.15, -0.1) is 0 Å². The lowest BCUT2D eigenvalue weighted by atomic mass is 10.0. The number of benzene rings is 1. The molecule has 0 aliphatic carbocycles. The standard InChI is InChI=1S/C18H22N2O4/c1-2-6-15(9-10-16(21)19-24)20-17(22)12-14(18(20)23)11-13-7-4-3-5-8-13/h3-5,7-8,11,15,24H,2,6,9-10,12H2,1H3,(H,19,21). The number of nitrogens with one attached hydrogen (secondary N) is 1. The predicted octanol–water partition coefficient (Wildman–Crippen LogP) is 2.28. The molecule has 0 bridgehead atoms. The smallest absolute Gasteiger partial charge is 0.257 e. The quantitative estimate of drug-likeness (QED) is 0.347. The fraction of sp³-hybridized carbons (Fsp3) is 0.389. The summed E-state index contributed by atoms with van der Waals surface area (Å²) in [7, 11) is 0. The van der Waals surface area contributed by atoms with Gasteiger partial charge < -0.3 is 0 Å². The highest BCUT2D eigenvalue weighted by molar-refractivity contribution is 6.15. The number of carbonyl (C=O) groups excluding carboxylic acids is 3. The number of hydroxylamine groups is 1. The first-order chi connectivity index (χ1) is 11.6. The molecule has 1 aliphatic rings. The number of nitrogens with zero attached hydrogens (tertiary/aromatic N) is 1. The van der Waals surface area contributed by atoms with Gasteiger partial charge in [0.2, 0.25) is 11.8 Å². The van der Waals surface area contributed by atoms with Gasteiger partial charge >= 0.3 is 0 Å². The van der Waals surface area contributed by atoms with E-state index in [-0.39, 0.29) is 30.7 Å². The van der Waals surface area contributed by atoms with Crippen molar-refractivity contribution in [3.63, 3.8) is 0 Å². The average molecular weight is 330 g/mol. The van der Waals surface area contributed by atoms with E-state index in [2.05, 4.69) is 0 Å². The molecule has 6 heteroatoms. The lowest BCUT2D eigenvalue weighted by Gasteiger charge is -2.25. The van der Waals surface area contributed by atoms with Crippen LogP contribution < -0.4 is 5.48 Å². The van der Waals surface area contributed by atoms with E-state index in [1.807, 2.05) is 37.3 Å². The van der Waals surface area contributed by atoms with Crippen LogP contribution in [0.15, 0.2) is 35.9 Å². The summed E-state index contributed by atoms with van der Waals surface area (Å²) in [6, 6.07) is 9.07. The van der Waals surface area contributed by atoms with Gasteiger partial charge in [0.05, 0.1) is 6.42 Å².